The molecule has 1 heterocycles. The summed E-state index contributed by atoms with van der Waals surface area (Å²) in [6.07, 6.45) is 1.62. The fraction of sp³-hybridized carbons (Fsp3) is 0.267. The molecule has 8 heteroatoms. The first-order chi connectivity index (χ1) is 18.4. The number of nitrogens with zero attached hydrogens (tertiary/aromatic N) is 1. The number of nitrogens with two attached hydrogens (primary N) is 1. The Morgan fingerprint density at radius 2 is 1.84 bits per heavy atom. The second kappa shape index (κ2) is 12.3. The minimum absolute atomic E-state index is 0.0307. The van der Waals surface area contributed by atoms with E-state index in [1.165, 1.54) is 0 Å². The van der Waals surface area contributed by atoms with Crippen LogP contribution in [-0.4, -0.2) is 23.6 Å². The number of fused-ring (bicyclic) bond motifs is 1. The number of hydrogen-bond donors (Lipinski definition) is 3. The molecule has 0 fully saturated rings. The molecule has 0 spiro atoms. The number of amides is 1. The van der Waals surface area contributed by atoms with Crippen LogP contribution >= 0.6 is 0 Å². The summed E-state index contributed by atoms with van der Waals surface area (Å²) in [6.45, 7) is 5.95. The van der Waals surface area contributed by atoms with Crippen LogP contribution in [-0.2, 0) is 18.0 Å². The fourth-order valence-corrected chi connectivity index (χ4v) is 4.20. The lowest BCUT2D eigenvalue weighted by molar-refractivity contribution is -0.122. The van der Waals surface area contributed by atoms with E-state index < -0.39 is 12.7 Å². The van der Waals surface area contributed by atoms with Crippen LogP contribution in [0.1, 0.15) is 43.5 Å². The molecule has 1 aromatic heterocycles. The van der Waals surface area contributed by atoms with Crippen LogP contribution in [0.2, 0.25) is 0 Å². The molecule has 1 atom stereocenters. The SMILES string of the molecule is CCOc1cc(C(Nc2ccc3c(N)nccc3c2)C(=O)NCc2cccc(CF)c2)ccc1OC(C)C. The summed E-state index contributed by atoms with van der Waals surface area (Å²) in [5.41, 5.74) is 8.84. The van der Waals surface area contributed by atoms with Crippen LogP contribution in [0.5, 0.6) is 11.5 Å². The zero-order valence-corrected chi connectivity index (χ0v) is 21.8. The molecule has 0 aliphatic carbocycles. The van der Waals surface area contributed by atoms with Gasteiger partial charge < -0.3 is 25.8 Å². The van der Waals surface area contributed by atoms with Crippen molar-refractivity contribution in [1.29, 1.82) is 0 Å². The van der Waals surface area contributed by atoms with Gasteiger partial charge in [0.2, 0.25) is 5.91 Å². The molecule has 198 valence electrons. The van der Waals surface area contributed by atoms with Gasteiger partial charge in [0.1, 0.15) is 18.5 Å². The topological polar surface area (TPSA) is 98.5 Å². The predicted octanol–water partition coefficient (Wildman–Crippen LogP) is 5.94. The molecule has 4 rings (SSSR count). The van der Waals surface area contributed by atoms with Crippen LogP contribution in [0.25, 0.3) is 10.8 Å². The van der Waals surface area contributed by atoms with Gasteiger partial charge in [0, 0.05) is 23.8 Å². The first-order valence-electron chi connectivity index (χ1n) is 12.6. The number of nitrogen functional groups attached to an aromatic ring is 1. The number of aromatic nitrogens is 1. The van der Waals surface area contributed by atoms with E-state index in [-0.39, 0.29) is 18.6 Å². The van der Waals surface area contributed by atoms with Crippen molar-refractivity contribution < 1.29 is 18.7 Å². The maximum atomic E-state index is 13.6. The molecule has 4 N–H and O–H groups in total. The molecule has 3 aromatic carbocycles. The standard InChI is InChI=1S/C30H33FN4O3/c1-4-37-27-16-23(8-11-26(27)38-19(2)3)28(30(36)34-18-21-7-5-6-20(14-21)17-31)35-24-9-10-25-22(15-24)12-13-33-29(25)32/h5-16,19,28,35H,4,17-18H2,1-3H3,(H2,32,33)(H,34,36). The van der Waals surface area contributed by atoms with Crippen LogP contribution in [0.4, 0.5) is 15.9 Å². The van der Waals surface area contributed by atoms with Gasteiger partial charge in [-0.15, -0.1) is 0 Å². The Kier molecular flexibility index (Phi) is 8.63. The van der Waals surface area contributed by atoms with Crippen molar-refractivity contribution >= 4 is 28.2 Å². The van der Waals surface area contributed by atoms with E-state index in [2.05, 4.69) is 15.6 Å². The minimum atomic E-state index is -0.747. The summed E-state index contributed by atoms with van der Waals surface area (Å²) in [6, 6.07) is 19.4. The number of carbonyl (C=O) groups is 1. The zero-order valence-electron chi connectivity index (χ0n) is 21.8. The zero-order chi connectivity index (χ0) is 27.1. The molecule has 0 bridgehead atoms. The molecule has 4 aromatic rings. The van der Waals surface area contributed by atoms with Gasteiger partial charge >= 0.3 is 0 Å². The first-order valence-corrected chi connectivity index (χ1v) is 12.6. The third-order valence-electron chi connectivity index (χ3n) is 5.94. The fourth-order valence-electron chi connectivity index (χ4n) is 4.20. The van der Waals surface area contributed by atoms with Gasteiger partial charge in [-0.05, 0) is 79.2 Å². The predicted molar refractivity (Wildman–Crippen MR) is 149 cm³/mol. The van der Waals surface area contributed by atoms with Gasteiger partial charge in [-0.25, -0.2) is 9.37 Å². The van der Waals surface area contributed by atoms with Crippen molar-refractivity contribution in [2.24, 2.45) is 0 Å². The number of hydrogen-bond acceptors (Lipinski definition) is 6. The average molecular weight is 517 g/mol. The van der Waals surface area contributed by atoms with E-state index >= 15 is 0 Å². The third-order valence-corrected chi connectivity index (χ3v) is 5.94. The molecule has 0 radical (unpaired) electrons. The Hall–Kier alpha value is -4.33. The normalized spacial score (nSPS) is 11.8. The monoisotopic (exact) mass is 516 g/mol. The smallest absolute Gasteiger partial charge is 0.247 e. The lowest BCUT2D eigenvalue weighted by Crippen LogP contribution is -2.33. The van der Waals surface area contributed by atoms with E-state index in [0.29, 0.717) is 35.1 Å². The number of rotatable bonds is 11. The number of benzene rings is 3. The average Bonchev–Trinajstić information content (AvgIpc) is 2.91. The van der Waals surface area contributed by atoms with Crippen molar-refractivity contribution in [3.05, 3.63) is 89.6 Å². The summed E-state index contributed by atoms with van der Waals surface area (Å²) in [4.78, 5) is 17.7. The molecule has 38 heavy (non-hydrogen) atoms. The van der Waals surface area contributed by atoms with Crippen molar-refractivity contribution in [1.82, 2.24) is 10.3 Å². The molecule has 0 saturated carbocycles. The Labute approximate surface area is 222 Å². The van der Waals surface area contributed by atoms with E-state index in [1.54, 1.807) is 24.4 Å². The molecular formula is C30H33FN4O3. The van der Waals surface area contributed by atoms with Gasteiger partial charge in [-0.3, -0.25) is 4.79 Å². The Morgan fingerprint density at radius 3 is 2.61 bits per heavy atom. The van der Waals surface area contributed by atoms with Crippen LogP contribution < -0.4 is 25.8 Å². The summed E-state index contributed by atoms with van der Waals surface area (Å²) in [5, 5.41) is 8.09. The van der Waals surface area contributed by atoms with Crippen molar-refractivity contribution in [2.75, 3.05) is 17.7 Å². The van der Waals surface area contributed by atoms with Crippen LogP contribution in [0.15, 0.2) is 72.9 Å². The molecule has 0 aliphatic rings. The maximum Gasteiger partial charge on any atom is 0.247 e. The van der Waals surface area contributed by atoms with E-state index in [1.807, 2.05) is 69.3 Å². The van der Waals surface area contributed by atoms with E-state index in [9.17, 15) is 9.18 Å². The first kappa shape index (κ1) is 26.7. The van der Waals surface area contributed by atoms with Gasteiger partial charge in [-0.1, -0.05) is 30.3 Å². The second-order valence-corrected chi connectivity index (χ2v) is 9.19. The Bertz CT molecular complexity index is 1410. The van der Waals surface area contributed by atoms with Crippen molar-refractivity contribution in [3.8, 4) is 11.5 Å². The number of ether oxygens (including phenoxy) is 2. The van der Waals surface area contributed by atoms with Crippen LogP contribution in [0, 0.1) is 0 Å². The number of nitrogens with one attached hydrogen (secondary N) is 2. The van der Waals surface area contributed by atoms with E-state index in [0.717, 1.165) is 22.0 Å². The third kappa shape index (κ3) is 6.51. The minimum Gasteiger partial charge on any atom is -0.490 e. The highest BCUT2D eigenvalue weighted by molar-refractivity contribution is 5.94. The molecule has 1 unspecified atom stereocenters. The van der Waals surface area contributed by atoms with Crippen molar-refractivity contribution in [2.45, 2.75) is 46.1 Å². The number of carbonyl (C=O) groups excluding carboxylic acids is 1. The van der Waals surface area contributed by atoms with Gasteiger partial charge in [0.05, 0.1) is 12.7 Å². The number of halogens is 1. The van der Waals surface area contributed by atoms with Crippen molar-refractivity contribution in [3.63, 3.8) is 0 Å². The molecule has 0 aliphatic heterocycles. The summed E-state index contributed by atoms with van der Waals surface area (Å²) < 4.78 is 24.9. The largest absolute Gasteiger partial charge is 0.490 e. The molecule has 0 saturated heterocycles. The number of alkyl halides is 1. The highest BCUT2D eigenvalue weighted by Gasteiger charge is 2.23. The van der Waals surface area contributed by atoms with Gasteiger partial charge in [0.15, 0.2) is 11.5 Å². The molecule has 7 nitrogen and oxygen atoms in total. The van der Waals surface area contributed by atoms with Gasteiger partial charge in [0.25, 0.3) is 0 Å². The molecular weight excluding hydrogens is 483 g/mol. The van der Waals surface area contributed by atoms with Crippen LogP contribution in [0.3, 0.4) is 0 Å². The highest BCUT2D eigenvalue weighted by Crippen LogP contribution is 2.33. The maximum absolute atomic E-state index is 13.6. The lowest BCUT2D eigenvalue weighted by Gasteiger charge is -2.22. The highest BCUT2D eigenvalue weighted by atomic mass is 19.1. The summed E-state index contributed by atoms with van der Waals surface area (Å²) >= 11 is 0. The van der Waals surface area contributed by atoms with Gasteiger partial charge in [-0.2, -0.15) is 0 Å². The molecule has 1 amide bonds. The van der Waals surface area contributed by atoms with E-state index in [4.69, 9.17) is 15.2 Å². The lowest BCUT2D eigenvalue weighted by atomic mass is 10.0. The number of anilines is 2. The second-order valence-electron chi connectivity index (χ2n) is 9.19. The Morgan fingerprint density at radius 1 is 1.03 bits per heavy atom. The Balaban J connectivity index is 1.66. The summed E-state index contributed by atoms with van der Waals surface area (Å²) in [5.74, 6) is 1.37. The summed E-state index contributed by atoms with van der Waals surface area (Å²) in [7, 11) is 0. The number of pyridine rings is 1. The quantitative estimate of drug-likeness (QED) is 0.228.